The van der Waals surface area contributed by atoms with E-state index in [1.165, 1.54) is 50.5 Å². The fraction of sp³-hybridized carbons (Fsp3) is 0.625. The summed E-state index contributed by atoms with van der Waals surface area (Å²) >= 11 is 0. The van der Waals surface area contributed by atoms with E-state index in [-0.39, 0.29) is 0 Å². The molecule has 0 heterocycles. The van der Waals surface area contributed by atoms with Crippen molar-refractivity contribution in [3.8, 4) is 5.75 Å². The maximum atomic E-state index is 9.33. The summed E-state index contributed by atoms with van der Waals surface area (Å²) in [4.78, 5) is 0. The molecule has 1 N–H and O–H groups in total. The molecular formula is C16H26O. The molecule has 1 atom stereocenters. The molecule has 0 radical (unpaired) electrons. The van der Waals surface area contributed by atoms with Gasteiger partial charge in [-0.3, -0.25) is 0 Å². The summed E-state index contributed by atoms with van der Waals surface area (Å²) in [6.07, 6.45) is 9.09. The van der Waals surface area contributed by atoms with E-state index in [4.69, 9.17) is 0 Å². The van der Waals surface area contributed by atoms with E-state index in [0.717, 1.165) is 0 Å². The van der Waals surface area contributed by atoms with Crippen molar-refractivity contribution in [3.63, 3.8) is 0 Å². The molecule has 0 aliphatic rings. The van der Waals surface area contributed by atoms with Crippen molar-refractivity contribution in [2.75, 3.05) is 0 Å². The molecule has 1 heteroatoms. The second-order valence-corrected chi connectivity index (χ2v) is 4.93. The Kier molecular flexibility index (Phi) is 6.76. The third-order valence-corrected chi connectivity index (χ3v) is 3.43. The number of benzene rings is 1. The van der Waals surface area contributed by atoms with E-state index >= 15 is 0 Å². The van der Waals surface area contributed by atoms with E-state index in [1.807, 2.05) is 12.1 Å². The van der Waals surface area contributed by atoms with Gasteiger partial charge in [-0.1, -0.05) is 58.1 Å². The third-order valence-electron chi connectivity index (χ3n) is 3.43. The predicted octanol–water partition coefficient (Wildman–Crippen LogP) is 5.25. The minimum atomic E-state index is 0.372. The van der Waals surface area contributed by atoms with Crippen LogP contribution in [0.3, 0.4) is 0 Å². The van der Waals surface area contributed by atoms with E-state index in [0.29, 0.717) is 11.7 Å². The first kappa shape index (κ1) is 14.1. The van der Waals surface area contributed by atoms with Crippen molar-refractivity contribution in [2.24, 2.45) is 0 Å². The van der Waals surface area contributed by atoms with Crippen molar-refractivity contribution in [1.29, 1.82) is 0 Å². The molecule has 1 nitrogen and oxygen atoms in total. The van der Waals surface area contributed by atoms with Crippen LogP contribution in [0.2, 0.25) is 0 Å². The highest BCUT2D eigenvalue weighted by atomic mass is 16.3. The largest absolute Gasteiger partial charge is 0.508 e. The van der Waals surface area contributed by atoms with Gasteiger partial charge in [0.05, 0.1) is 0 Å². The number of unbranched alkanes of at least 4 members (excludes halogenated alkanes) is 3. The molecule has 0 aliphatic heterocycles. The first-order valence-corrected chi connectivity index (χ1v) is 7.06. The maximum Gasteiger partial charge on any atom is 0.115 e. The lowest BCUT2D eigenvalue weighted by Crippen LogP contribution is -1.99. The van der Waals surface area contributed by atoms with Crippen LogP contribution in [0.25, 0.3) is 0 Å². The molecule has 0 fully saturated rings. The lowest BCUT2D eigenvalue weighted by Gasteiger charge is -2.17. The van der Waals surface area contributed by atoms with E-state index in [1.54, 1.807) is 0 Å². The summed E-state index contributed by atoms with van der Waals surface area (Å²) in [6, 6.07) is 7.80. The van der Waals surface area contributed by atoms with Crippen molar-refractivity contribution >= 4 is 0 Å². The van der Waals surface area contributed by atoms with Crippen LogP contribution in [0.5, 0.6) is 5.75 Å². The molecule has 0 bridgehead atoms. The summed E-state index contributed by atoms with van der Waals surface area (Å²) in [7, 11) is 0. The van der Waals surface area contributed by atoms with Crippen LogP contribution in [-0.2, 0) is 0 Å². The lowest BCUT2D eigenvalue weighted by atomic mass is 9.89. The van der Waals surface area contributed by atoms with Gasteiger partial charge in [-0.25, -0.2) is 0 Å². The van der Waals surface area contributed by atoms with Crippen molar-refractivity contribution in [2.45, 2.75) is 64.7 Å². The van der Waals surface area contributed by atoms with Gasteiger partial charge in [0.1, 0.15) is 5.75 Å². The highest BCUT2D eigenvalue weighted by Gasteiger charge is 2.10. The summed E-state index contributed by atoms with van der Waals surface area (Å²) in [5, 5.41) is 9.33. The van der Waals surface area contributed by atoms with Gasteiger partial charge in [0.2, 0.25) is 0 Å². The summed E-state index contributed by atoms with van der Waals surface area (Å²) < 4.78 is 0. The molecule has 1 unspecified atom stereocenters. The van der Waals surface area contributed by atoms with Crippen LogP contribution in [0.1, 0.15) is 70.3 Å². The number of aromatic hydroxyl groups is 1. The number of phenols is 1. The number of rotatable bonds is 8. The second-order valence-electron chi connectivity index (χ2n) is 4.93. The molecule has 1 aromatic rings. The van der Waals surface area contributed by atoms with Gasteiger partial charge >= 0.3 is 0 Å². The van der Waals surface area contributed by atoms with Crippen LogP contribution >= 0.6 is 0 Å². The Morgan fingerprint density at radius 2 is 1.47 bits per heavy atom. The Hall–Kier alpha value is -0.980. The van der Waals surface area contributed by atoms with Crippen molar-refractivity contribution in [3.05, 3.63) is 29.8 Å². The molecule has 96 valence electrons. The van der Waals surface area contributed by atoms with Crippen molar-refractivity contribution in [1.82, 2.24) is 0 Å². The average Bonchev–Trinajstić information content (AvgIpc) is 2.35. The number of hydrogen-bond acceptors (Lipinski definition) is 1. The lowest BCUT2D eigenvalue weighted by molar-refractivity contribution is 0.473. The number of phenolic OH excluding ortho intramolecular Hbond substituents is 1. The van der Waals surface area contributed by atoms with E-state index < -0.39 is 0 Å². The van der Waals surface area contributed by atoms with Crippen LogP contribution in [0, 0.1) is 0 Å². The van der Waals surface area contributed by atoms with Gasteiger partial charge in [0, 0.05) is 0 Å². The molecule has 0 saturated carbocycles. The van der Waals surface area contributed by atoms with Gasteiger partial charge in [0.25, 0.3) is 0 Å². The predicted molar refractivity (Wildman–Crippen MR) is 74.5 cm³/mol. The second kappa shape index (κ2) is 8.16. The SMILES string of the molecule is CCCCCC(CCCC)c1ccc(O)cc1. The Bertz CT molecular complexity index is 289. The average molecular weight is 234 g/mol. The van der Waals surface area contributed by atoms with E-state index in [2.05, 4.69) is 26.0 Å². The minimum Gasteiger partial charge on any atom is -0.508 e. The number of hydrogen-bond donors (Lipinski definition) is 1. The molecule has 1 rings (SSSR count). The standard InChI is InChI=1S/C16H26O/c1-3-5-7-9-14(8-6-4-2)15-10-12-16(17)13-11-15/h10-14,17H,3-9H2,1-2H3. The Morgan fingerprint density at radius 3 is 2.06 bits per heavy atom. The molecule has 17 heavy (non-hydrogen) atoms. The molecule has 0 amide bonds. The fourth-order valence-electron chi connectivity index (χ4n) is 2.32. The topological polar surface area (TPSA) is 20.2 Å². The normalized spacial score (nSPS) is 12.6. The van der Waals surface area contributed by atoms with E-state index in [9.17, 15) is 5.11 Å². The van der Waals surface area contributed by atoms with Crippen LogP contribution < -0.4 is 0 Å². The van der Waals surface area contributed by atoms with Crippen molar-refractivity contribution < 1.29 is 5.11 Å². The molecule has 0 spiro atoms. The smallest absolute Gasteiger partial charge is 0.115 e. The molecule has 0 aliphatic carbocycles. The quantitative estimate of drug-likeness (QED) is 0.609. The first-order chi connectivity index (χ1) is 8.27. The maximum absolute atomic E-state index is 9.33. The summed E-state index contributed by atoms with van der Waals surface area (Å²) in [5.41, 5.74) is 1.40. The van der Waals surface area contributed by atoms with Crippen LogP contribution in [-0.4, -0.2) is 5.11 Å². The zero-order valence-electron chi connectivity index (χ0n) is 11.3. The van der Waals surface area contributed by atoms with Crippen LogP contribution in [0.15, 0.2) is 24.3 Å². The molecule has 0 aromatic heterocycles. The Balaban J connectivity index is 2.57. The van der Waals surface area contributed by atoms with Gasteiger partial charge in [-0.05, 0) is 36.5 Å². The molecule has 0 saturated heterocycles. The van der Waals surface area contributed by atoms with Crippen LogP contribution in [0.4, 0.5) is 0 Å². The minimum absolute atomic E-state index is 0.372. The highest BCUT2D eigenvalue weighted by molar-refractivity contribution is 5.28. The third kappa shape index (κ3) is 5.25. The Morgan fingerprint density at radius 1 is 0.882 bits per heavy atom. The highest BCUT2D eigenvalue weighted by Crippen LogP contribution is 2.28. The molecule has 1 aromatic carbocycles. The Labute approximate surface area is 106 Å². The molecular weight excluding hydrogens is 208 g/mol. The zero-order chi connectivity index (χ0) is 12.5. The van der Waals surface area contributed by atoms with Gasteiger partial charge in [-0.15, -0.1) is 0 Å². The van der Waals surface area contributed by atoms with Gasteiger partial charge in [0.15, 0.2) is 0 Å². The monoisotopic (exact) mass is 234 g/mol. The zero-order valence-corrected chi connectivity index (χ0v) is 11.3. The van der Waals surface area contributed by atoms with Gasteiger partial charge in [-0.2, -0.15) is 0 Å². The first-order valence-electron chi connectivity index (χ1n) is 7.06. The fourth-order valence-corrected chi connectivity index (χ4v) is 2.32. The summed E-state index contributed by atoms with van der Waals surface area (Å²) in [6.45, 7) is 4.50. The van der Waals surface area contributed by atoms with Gasteiger partial charge < -0.3 is 5.11 Å². The summed E-state index contributed by atoms with van der Waals surface area (Å²) in [5.74, 6) is 1.05.